The number of aromatic nitrogens is 1. The average Bonchev–Trinajstić information content (AvgIpc) is 2.63. The SMILES string of the molecule is CCc1cccc(NC(=O)C2CCN(c3ccncc3)CC2)c1. The molecule has 1 aromatic heterocycles. The number of nitrogens with one attached hydrogen (secondary N) is 1. The van der Waals surface area contributed by atoms with Gasteiger partial charge in [0, 0.05) is 42.8 Å². The molecule has 23 heavy (non-hydrogen) atoms. The monoisotopic (exact) mass is 309 g/mol. The summed E-state index contributed by atoms with van der Waals surface area (Å²) in [5.41, 5.74) is 3.34. The first-order valence-corrected chi connectivity index (χ1v) is 8.31. The van der Waals surface area contributed by atoms with Gasteiger partial charge < -0.3 is 10.2 Å². The number of aryl methyl sites for hydroxylation is 1. The van der Waals surface area contributed by atoms with E-state index in [9.17, 15) is 4.79 Å². The van der Waals surface area contributed by atoms with Crippen molar-refractivity contribution in [3.63, 3.8) is 0 Å². The largest absolute Gasteiger partial charge is 0.371 e. The summed E-state index contributed by atoms with van der Waals surface area (Å²) in [6.07, 6.45) is 6.39. The van der Waals surface area contributed by atoms with E-state index in [1.807, 2.05) is 36.7 Å². The standard InChI is InChI=1S/C19H23N3O/c1-2-15-4-3-5-17(14-15)21-19(23)16-8-12-22(13-9-16)18-6-10-20-11-7-18/h3-7,10-11,14,16H,2,8-9,12-13H2,1H3,(H,21,23). The second kappa shape index (κ2) is 7.27. The van der Waals surface area contributed by atoms with Crippen LogP contribution in [0.2, 0.25) is 0 Å². The number of pyridine rings is 1. The third kappa shape index (κ3) is 3.89. The van der Waals surface area contributed by atoms with Gasteiger partial charge in [-0.15, -0.1) is 0 Å². The summed E-state index contributed by atoms with van der Waals surface area (Å²) >= 11 is 0. The fraction of sp³-hybridized carbons (Fsp3) is 0.368. The van der Waals surface area contributed by atoms with Crippen molar-refractivity contribution in [3.8, 4) is 0 Å². The Morgan fingerprint density at radius 3 is 2.65 bits per heavy atom. The van der Waals surface area contributed by atoms with E-state index in [0.717, 1.165) is 38.0 Å². The van der Waals surface area contributed by atoms with Crippen molar-refractivity contribution < 1.29 is 4.79 Å². The number of amides is 1. The molecule has 2 aromatic rings. The third-order valence-corrected chi connectivity index (χ3v) is 4.50. The molecule has 0 radical (unpaired) electrons. The molecule has 120 valence electrons. The average molecular weight is 309 g/mol. The Bertz CT molecular complexity index is 649. The number of hydrogen-bond donors (Lipinski definition) is 1. The van der Waals surface area contributed by atoms with E-state index in [-0.39, 0.29) is 11.8 Å². The Labute approximate surface area is 137 Å². The van der Waals surface area contributed by atoms with Crippen LogP contribution in [0.3, 0.4) is 0 Å². The third-order valence-electron chi connectivity index (χ3n) is 4.50. The minimum atomic E-state index is 0.0957. The van der Waals surface area contributed by atoms with Gasteiger partial charge in [0.2, 0.25) is 5.91 Å². The van der Waals surface area contributed by atoms with Crippen molar-refractivity contribution in [2.75, 3.05) is 23.3 Å². The molecule has 0 unspecified atom stereocenters. The second-order valence-electron chi connectivity index (χ2n) is 6.01. The molecule has 1 N–H and O–H groups in total. The van der Waals surface area contributed by atoms with Crippen molar-refractivity contribution >= 4 is 17.3 Å². The zero-order chi connectivity index (χ0) is 16.1. The number of anilines is 2. The van der Waals surface area contributed by atoms with Crippen molar-refractivity contribution in [2.45, 2.75) is 26.2 Å². The molecule has 1 aliphatic heterocycles. The summed E-state index contributed by atoms with van der Waals surface area (Å²) in [7, 11) is 0. The highest BCUT2D eigenvalue weighted by atomic mass is 16.1. The van der Waals surface area contributed by atoms with Crippen molar-refractivity contribution in [1.29, 1.82) is 0 Å². The number of carbonyl (C=O) groups is 1. The summed E-state index contributed by atoms with van der Waals surface area (Å²) in [4.78, 5) is 18.8. The number of piperidine rings is 1. The Morgan fingerprint density at radius 1 is 1.22 bits per heavy atom. The van der Waals surface area contributed by atoms with E-state index in [2.05, 4.69) is 34.3 Å². The molecule has 4 nitrogen and oxygen atoms in total. The summed E-state index contributed by atoms with van der Waals surface area (Å²) in [5, 5.41) is 3.07. The topological polar surface area (TPSA) is 45.2 Å². The molecule has 1 saturated heterocycles. The van der Waals surface area contributed by atoms with Gasteiger partial charge in [0.05, 0.1) is 0 Å². The van der Waals surface area contributed by atoms with E-state index < -0.39 is 0 Å². The van der Waals surface area contributed by atoms with Crippen LogP contribution in [0, 0.1) is 5.92 Å². The van der Waals surface area contributed by atoms with Crippen LogP contribution in [0.15, 0.2) is 48.8 Å². The normalized spacial score (nSPS) is 15.4. The van der Waals surface area contributed by atoms with Crippen LogP contribution in [0.5, 0.6) is 0 Å². The quantitative estimate of drug-likeness (QED) is 0.940. The summed E-state index contributed by atoms with van der Waals surface area (Å²) in [6, 6.07) is 12.2. The highest BCUT2D eigenvalue weighted by Gasteiger charge is 2.25. The van der Waals surface area contributed by atoms with Gasteiger partial charge in [-0.3, -0.25) is 9.78 Å². The van der Waals surface area contributed by atoms with Crippen LogP contribution >= 0.6 is 0 Å². The van der Waals surface area contributed by atoms with Crippen LogP contribution in [0.4, 0.5) is 11.4 Å². The molecule has 0 aliphatic carbocycles. The Morgan fingerprint density at radius 2 is 1.96 bits per heavy atom. The lowest BCUT2D eigenvalue weighted by molar-refractivity contribution is -0.120. The van der Waals surface area contributed by atoms with E-state index >= 15 is 0 Å². The summed E-state index contributed by atoms with van der Waals surface area (Å²) in [5.74, 6) is 0.242. The molecular weight excluding hydrogens is 286 g/mol. The van der Waals surface area contributed by atoms with Crippen LogP contribution in [0.1, 0.15) is 25.3 Å². The minimum absolute atomic E-state index is 0.0957. The maximum atomic E-state index is 12.5. The zero-order valence-corrected chi connectivity index (χ0v) is 13.5. The number of carbonyl (C=O) groups excluding carboxylic acids is 1. The predicted molar refractivity (Wildman–Crippen MR) is 93.6 cm³/mol. The zero-order valence-electron chi connectivity index (χ0n) is 13.5. The van der Waals surface area contributed by atoms with Crippen molar-refractivity contribution in [1.82, 2.24) is 4.98 Å². The highest BCUT2D eigenvalue weighted by molar-refractivity contribution is 5.92. The smallest absolute Gasteiger partial charge is 0.227 e. The first kappa shape index (κ1) is 15.5. The molecule has 4 heteroatoms. The molecule has 0 spiro atoms. The molecule has 1 fully saturated rings. The van der Waals surface area contributed by atoms with Gasteiger partial charge in [-0.2, -0.15) is 0 Å². The highest BCUT2D eigenvalue weighted by Crippen LogP contribution is 2.24. The van der Waals surface area contributed by atoms with Crippen LogP contribution in [-0.4, -0.2) is 24.0 Å². The molecular formula is C19H23N3O. The molecule has 1 aromatic carbocycles. The lowest BCUT2D eigenvalue weighted by Crippen LogP contribution is -2.38. The number of benzene rings is 1. The van der Waals surface area contributed by atoms with E-state index in [1.54, 1.807) is 0 Å². The lowest BCUT2D eigenvalue weighted by Gasteiger charge is -2.32. The molecule has 0 bridgehead atoms. The molecule has 3 rings (SSSR count). The number of nitrogens with zero attached hydrogens (tertiary/aromatic N) is 2. The van der Waals surface area contributed by atoms with Gasteiger partial charge in [-0.1, -0.05) is 19.1 Å². The Hall–Kier alpha value is -2.36. The van der Waals surface area contributed by atoms with Gasteiger partial charge in [0.15, 0.2) is 0 Å². The first-order valence-electron chi connectivity index (χ1n) is 8.31. The Kier molecular flexibility index (Phi) is 4.91. The van der Waals surface area contributed by atoms with Gasteiger partial charge in [0.25, 0.3) is 0 Å². The van der Waals surface area contributed by atoms with E-state index in [4.69, 9.17) is 0 Å². The predicted octanol–water partition coefficient (Wildman–Crippen LogP) is 3.50. The second-order valence-corrected chi connectivity index (χ2v) is 6.01. The summed E-state index contributed by atoms with van der Waals surface area (Å²) < 4.78 is 0. The lowest BCUT2D eigenvalue weighted by atomic mass is 9.95. The number of rotatable bonds is 4. The summed E-state index contributed by atoms with van der Waals surface area (Å²) in [6.45, 7) is 3.95. The minimum Gasteiger partial charge on any atom is -0.371 e. The van der Waals surface area contributed by atoms with Crippen LogP contribution < -0.4 is 10.2 Å². The van der Waals surface area contributed by atoms with Gasteiger partial charge in [0.1, 0.15) is 0 Å². The maximum Gasteiger partial charge on any atom is 0.227 e. The fourth-order valence-electron chi connectivity index (χ4n) is 3.07. The van der Waals surface area contributed by atoms with Crippen LogP contribution in [0.25, 0.3) is 0 Å². The number of hydrogen-bond acceptors (Lipinski definition) is 3. The molecule has 1 aliphatic rings. The maximum absolute atomic E-state index is 12.5. The fourth-order valence-corrected chi connectivity index (χ4v) is 3.07. The Balaban J connectivity index is 1.56. The van der Waals surface area contributed by atoms with Crippen molar-refractivity contribution in [3.05, 3.63) is 54.4 Å². The first-order chi connectivity index (χ1) is 11.3. The van der Waals surface area contributed by atoms with Crippen LogP contribution in [-0.2, 0) is 11.2 Å². The molecule has 0 saturated carbocycles. The molecule has 2 heterocycles. The van der Waals surface area contributed by atoms with Gasteiger partial charge >= 0.3 is 0 Å². The molecule has 0 atom stereocenters. The molecule has 1 amide bonds. The van der Waals surface area contributed by atoms with Gasteiger partial charge in [-0.25, -0.2) is 0 Å². The van der Waals surface area contributed by atoms with E-state index in [1.165, 1.54) is 11.3 Å². The van der Waals surface area contributed by atoms with E-state index in [0.29, 0.717) is 0 Å². The van der Waals surface area contributed by atoms with Crippen molar-refractivity contribution in [2.24, 2.45) is 5.92 Å². The van der Waals surface area contributed by atoms with Gasteiger partial charge in [-0.05, 0) is 49.1 Å².